The van der Waals surface area contributed by atoms with Crippen LogP contribution in [0.3, 0.4) is 0 Å². The molecule has 0 fully saturated rings. The van der Waals surface area contributed by atoms with Crippen molar-refractivity contribution in [3.63, 3.8) is 0 Å². The number of halogens is 1. The largest absolute Gasteiger partial charge is 0.350 e. The Kier molecular flexibility index (Phi) is 4.43. The first-order valence-electron chi connectivity index (χ1n) is 5.46. The summed E-state index contributed by atoms with van der Waals surface area (Å²) in [6, 6.07) is 3.57. The Morgan fingerprint density at radius 3 is 3.00 bits per heavy atom. The number of nitrogens with zero attached hydrogens (tertiary/aromatic N) is 2. The molecule has 4 nitrogen and oxygen atoms in total. The standard InChI is InChI=1S/C12H12BrN3OS/c1-8(12-15-5-6-18-12)7-16-11(17)10-9(13)3-2-4-14-10/h2-6,8H,7H2,1H3,(H,16,17). The lowest BCUT2D eigenvalue weighted by Crippen LogP contribution is -2.28. The number of carbonyl (C=O) groups excluding carboxylic acids is 1. The van der Waals surface area contributed by atoms with Crippen LogP contribution in [0.15, 0.2) is 34.4 Å². The molecule has 0 spiro atoms. The molecule has 0 saturated carbocycles. The van der Waals surface area contributed by atoms with Gasteiger partial charge in [0.25, 0.3) is 5.91 Å². The molecule has 1 unspecified atom stereocenters. The number of hydrogen-bond acceptors (Lipinski definition) is 4. The molecule has 0 aromatic carbocycles. The normalized spacial score (nSPS) is 12.1. The summed E-state index contributed by atoms with van der Waals surface area (Å²) in [6.45, 7) is 2.59. The van der Waals surface area contributed by atoms with Gasteiger partial charge < -0.3 is 5.32 Å². The zero-order valence-electron chi connectivity index (χ0n) is 9.76. The summed E-state index contributed by atoms with van der Waals surface area (Å²) in [6.07, 6.45) is 3.37. The minimum absolute atomic E-state index is 0.175. The summed E-state index contributed by atoms with van der Waals surface area (Å²) in [5.41, 5.74) is 0.406. The fraction of sp³-hybridized carbons (Fsp3) is 0.250. The van der Waals surface area contributed by atoms with Crippen LogP contribution in [-0.2, 0) is 0 Å². The number of carbonyl (C=O) groups is 1. The van der Waals surface area contributed by atoms with Crippen LogP contribution in [0, 0.1) is 0 Å². The van der Waals surface area contributed by atoms with Crippen molar-refractivity contribution in [1.29, 1.82) is 0 Å². The van der Waals surface area contributed by atoms with Crippen molar-refractivity contribution < 1.29 is 4.79 Å². The van der Waals surface area contributed by atoms with Gasteiger partial charge in [-0.25, -0.2) is 9.97 Å². The average Bonchev–Trinajstić information content (AvgIpc) is 2.90. The van der Waals surface area contributed by atoms with E-state index >= 15 is 0 Å². The van der Waals surface area contributed by atoms with Gasteiger partial charge >= 0.3 is 0 Å². The van der Waals surface area contributed by atoms with Crippen molar-refractivity contribution >= 4 is 33.2 Å². The number of thiazole rings is 1. The van der Waals surface area contributed by atoms with E-state index in [0.717, 1.165) is 5.01 Å². The van der Waals surface area contributed by atoms with Crippen molar-refractivity contribution in [1.82, 2.24) is 15.3 Å². The zero-order valence-corrected chi connectivity index (χ0v) is 12.2. The maximum Gasteiger partial charge on any atom is 0.271 e. The predicted molar refractivity (Wildman–Crippen MR) is 74.8 cm³/mol. The van der Waals surface area contributed by atoms with E-state index in [-0.39, 0.29) is 11.8 Å². The van der Waals surface area contributed by atoms with Gasteiger partial charge in [-0.3, -0.25) is 4.79 Å². The third-order valence-corrected chi connectivity index (χ3v) is 4.06. The number of rotatable bonds is 4. The Labute approximate surface area is 118 Å². The first kappa shape index (κ1) is 13.2. The Morgan fingerprint density at radius 1 is 1.50 bits per heavy atom. The number of nitrogens with one attached hydrogen (secondary N) is 1. The van der Waals surface area contributed by atoms with E-state index in [0.29, 0.717) is 16.7 Å². The third-order valence-electron chi connectivity index (χ3n) is 2.42. The smallest absolute Gasteiger partial charge is 0.271 e. The lowest BCUT2D eigenvalue weighted by atomic mass is 10.2. The monoisotopic (exact) mass is 325 g/mol. The number of amides is 1. The van der Waals surface area contributed by atoms with E-state index in [1.54, 1.807) is 35.9 Å². The highest BCUT2D eigenvalue weighted by Gasteiger charge is 2.13. The van der Waals surface area contributed by atoms with Gasteiger partial charge in [-0.05, 0) is 28.1 Å². The van der Waals surface area contributed by atoms with Gasteiger partial charge in [-0.2, -0.15) is 0 Å². The van der Waals surface area contributed by atoms with Gasteiger partial charge in [-0.15, -0.1) is 11.3 Å². The van der Waals surface area contributed by atoms with Gasteiger partial charge in [0.1, 0.15) is 5.69 Å². The molecule has 0 aliphatic carbocycles. The minimum Gasteiger partial charge on any atom is -0.350 e. The Morgan fingerprint density at radius 2 is 2.33 bits per heavy atom. The molecule has 2 aromatic heterocycles. The van der Waals surface area contributed by atoms with E-state index in [4.69, 9.17) is 0 Å². The van der Waals surface area contributed by atoms with Crippen LogP contribution in [-0.4, -0.2) is 22.4 Å². The lowest BCUT2D eigenvalue weighted by molar-refractivity contribution is 0.0946. The molecule has 0 bridgehead atoms. The van der Waals surface area contributed by atoms with Gasteiger partial charge in [0.05, 0.1) is 5.01 Å². The first-order valence-corrected chi connectivity index (χ1v) is 7.14. The summed E-state index contributed by atoms with van der Waals surface area (Å²) < 4.78 is 0.699. The summed E-state index contributed by atoms with van der Waals surface area (Å²) >= 11 is 4.90. The molecular formula is C12H12BrN3OS. The highest BCUT2D eigenvalue weighted by molar-refractivity contribution is 9.10. The fourth-order valence-corrected chi connectivity index (χ4v) is 2.58. The van der Waals surface area contributed by atoms with Gasteiger partial charge in [0, 0.05) is 34.7 Å². The van der Waals surface area contributed by atoms with E-state index in [9.17, 15) is 4.79 Å². The number of hydrogen-bond donors (Lipinski definition) is 1. The van der Waals surface area contributed by atoms with Crippen molar-refractivity contribution in [2.24, 2.45) is 0 Å². The molecule has 6 heteroatoms. The van der Waals surface area contributed by atoms with Crippen LogP contribution in [0.4, 0.5) is 0 Å². The van der Waals surface area contributed by atoms with E-state index < -0.39 is 0 Å². The molecular weight excluding hydrogens is 314 g/mol. The average molecular weight is 326 g/mol. The second-order valence-corrected chi connectivity index (χ2v) is 5.60. The quantitative estimate of drug-likeness (QED) is 0.940. The summed E-state index contributed by atoms with van der Waals surface area (Å²) in [5.74, 6) is 0.0299. The molecule has 0 aliphatic rings. The predicted octanol–water partition coefficient (Wildman–Crippen LogP) is 2.83. The minimum atomic E-state index is -0.175. The molecule has 2 heterocycles. The topological polar surface area (TPSA) is 54.9 Å². The van der Waals surface area contributed by atoms with Crippen molar-refractivity contribution in [3.05, 3.63) is 45.1 Å². The molecule has 1 atom stereocenters. The number of aromatic nitrogens is 2. The second kappa shape index (κ2) is 6.06. The molecule has 1 amide bonds. The van der Waals surface area contributed by atoms with Crippen LogP contribution in [0.2, 0.25) is 0 Å². The first-order chi connectivity index (χ1) is 8.68. The van der Waals surface area contributed by atoms with E-state index in [1.807, 2.05) is 12.3 Å². The summed E-state index contributed by atoms with van der Waals surface area (Å²) in [5, 5.41) is 5.82. The number of pyridine rings is 1. The van der Waals surface area contributed by atoms with E-state index in [2.05, 4.69) is 31.2 Å². The summed E-state index contributed by atoms with van der Waals surface area (Å²) in [4.78, 5) is 20.2. The molecule has 0 saturated heterocycles. The van der Waals surface area contributed by atoms with Crippen LogP contribution in [0.1, 0.15) is 28.3 Å². The third kappa shape index (κ3) is 3.14. The van der Waals surface area contributed by atoms with Crippen LogP contribution in [0.25, 0.3) is 0 Å². The molecule has 18 heavy (non-hydrogen) atoms. The van der Waals surface area contributed by atoms with Gasteiger partial charge in [0.15, 0.2) is 0 Å². The summed E-state index contributed by atoms with van der Waals surface area (Å²) in [7, 11) is 0. The van der Waals surface area contributed by atoms with Crippen LogP contribution < -0.4 is 5.32 Å². The molecule has 0 radical (unpaired) electrons. The highest BCUT2D eigenvalue weighted by atomic mass is 79.9. The second-order valence-electron chi connectivity index (χ2n) is 3.82. The maximum atomic E-state index is 11.9. The SMILES string of the molecule is CC(CNC(=O)c1ncccc1Br)c1nccs1. The van der Waals surface area contributed by atoms with Gasteiger partial charge in [0.2, 0.25) is 0 Å². The van der Waals surface area contributed by atoms with E-state index in [1.165, 1.54) is 0 Å². The Bertz CT molecular complexity index is 530. The molecule has 94 valence electrons. The highest BCUT2D eigenvalue weighted by Crippen LogP contribution is 2.17. The Balaban J connectivity index is 1.95. The fourth-order valence-electron chi connectivity index (χ4n) is 1.45. The molecule has 0 aliphatic heterocycles. The Hall–Kier alpha value is -1.27. The van der Waals surface area contributed by atoms with Crippen molar-refractivity contribution in [3.8, 4) is 0 Å². The van der Waals surface area contributed by atoms with Crippen LogP contribution >= 0.6 is 27.3 Å². The van der Waals surface area contributed by atoms with Crippen LogP contribution in [0.5, 0.6) is 0 Å². The maximum absolute atomic E-state index is 11.9. The molecule has 2 rings (SSSR count). The molecule has 1 N–H and O–H groups in total. The lowest BCUT2D eigenvalue weighted by Gasteiger charge is -2.10. The van der Waals surface area contributed by atoms with Crippen molar-refractivity contribution in [2.45, 2.75) is 12.8 Å². The van der Waals surface area contributed by atoms with Gasteiger partial charge in [-0.1, -0.05) is 6.92 Å². The van der Waals surface area contributed by atoms with Crippen molar-refractivity contribution in [2.75, 3.05) is 6.54 Å². The zero-order chi connectivity index (χ0) is 13.0. The molecule has 2 aromatic rings.